The molecule has 2 aromatic heterocycles. The van der Waals surface area contributed by atoms with Gasteiger partial charge in [-0.1, -0.05) is 6.92 Å². The number of rotatable bonds is 5. The van der Waals surface area contributed by atoms with Crippen LogP contribution in [0.1, 0.15) is 42.1 Å². The molecule has 0 bridgehead atoms. The second-order valence-corrected chi connectivity index (χ2v) is 7.89. The molecule has 0 saturated carbocycles. The largest absolute Gasteiger partial charge is 0.348 e. The number of hydrogen-bond donors (Lipinski definition) is 1. The Bertz CT molecular complexity index is 718. The van der Waals surface area contributed by atoms with Gasteiger partial charge in [-0.15, -0.1) is 11.3 Å². The first-order valence-electron chi connectivity index (χ1n) is 8.81. The maximum Gasteiger partial charge on any atom is 0.263 e. The van der Waals surface area contributed by atoms with Crippen LogP contribution < -0.4 is 5.32 Å². The molecular weight excluding hydrogens is 334 g/mol. The highest BCUT2D eigenvalue weighted by Crippen LogP contribution is 2.25. The van der Waals surface area contributed by atoms with E-state index in [0.717, 1.165) is 31.2 Å². The van der Waals surface area contributed by atoms with Crippen molar-refractivity contribution in [1.82, 2.24) is 25.2 Å². The van der Waals surface area contributed by atoms with Gasteiger partial charge in [0, 0.05) is 31.5 Å². The molecule has 1 aliphatic heterocycles. The predicted molar refractivity (Wildman–Crippen MR) is 99.6 cm³/mol. The number of thiazole rings is 1. The van der Waals surface area contributed by atoms with E-state index in [2.05, 4.69) is 39.0 Å². The fraction of sp³-hybridized carbons (Fsp3) is 0.556. The fourth-order valence-electron chi connectivity index (χ4n) is 3.29. The van der Waals surface area contributed by atoms with Gasteiger partial charge in [-0.2, -0.15) is 0 Å². The lowest BCUT2D eigenvalue weighted by molar-refractivity contribution is 0.0923. The molecule has 2 atom stereocenters. The molecule has 2 unspecified atom stereocenters. The van der Waals surface area contributed by atoms with Crippen molar-refractivity contribution >= 4 is 17.2 Å². The summed E-state index contributed by atoms with van der Waals surface area (Å²) in [6.07, 6.45) is 5.92. The Balaban J connectivity index is 1.62. The maximum absolute atomic E-state index is 12.6. The van der Waals surface area contributed by atoms with Crippen LogP contribution in [0.5, 0.6) is 0 Å². The van der Waals surface area contributed by atoms with Crippen LogP contribution >= 0.6 is 11.3 Å². The van der Waals surface area contributed by atoms with Crippen molar-refractivity contribution in [1.29, 1.82) is 0 Å². The topological polar surface area (TPSA) is 71.0 Å². The summed E-state index contributed by atoms with van der Waals surface area (Å²) in [5.74, 6) is 1.24. The average molecular weight is 359 g/mol. The zero-order valence-electron chi connectivity index (χ0n) is 15.0. The van der Waals surface area contributed by atoms with E-state index < -0.39 is 0 Å². The number of likely N-dealkylation sites (tertiary alicyclic amines) is 1. The molecule has 134 valence electrons. The molecule has 0 aliphatic carbocycles. The number of carbonyl (C=O) groups excluding carboxylic acids is 1. The lowest BCUT2D eigenvalue weighted by atomic mass is 10.00. The molecule has 2 aromatic rings. The van der Waals surface area contributed by atoms with Crippen molar-refractivity contribution in [2.45, 2.75) is 39.7 Å². The van der Waals surface area contributed by atoms with Crippen LogP contribution in [0, 0.1) is 12.8 Å². The number of hydrogen-bond acceptors (Lipinski definition) is 6. The summed E-state index contributed by atoms with van der Waals surface area (Å²) < 4.78 is 0. The Hall–Kier alpha value is -1.86. The maximum atomic E-state index is 12.6. The highest BCUT2D eigenvalue weighted by Gasteiger charge is 2.21. The first kappa shape index (κ1) is 17.9. The van der Waals surface area contributed by atoms with Crippen molar-refractivity contribution in [3.05, 3.63) is 29.0 Å². The zero-order chi connectivity index (χ0) is 17.8. The molecule has 25 heavy (non-hydrogen) atoms. The van der Waals surface area contributed by atoms with Gasteiger partial charge in [0.2, 0.25) is 0 Å². The quantitative estimate of drug-likeness (QED) is 0.889. The molecule has 0 radical (unpaired) electrons. The molecular formula is C18H25N5OS. The third kappa shape index (κ3) is 4.61. The Kier molecular flexibility index (Phi) is 5.75. The van der Waals surface area contributed by atoms with E-state index in [1.807, 2.05) is 6.92 Å². The number of amides is 1. The third-order valence-corrected chi connectivity index (χ3v) is 5.56. The molecule has 6 nitrogen and oxygen atoms in total. The average Bonchev–Trinajstić information content (AvgIpc) is 2.97. The van der Waals surface area contributed by atoms with E-state index in [0.29, 0.717) is 15.7 Å². The summed E-state index contributed by atoms with van der Waals surface area (Å²) in [5.41, 5.74) is 0.726. The van der Waals surface area contributed by atoms with E-state index >= 15 is 0 Å². The molecule has 3 heterocycles. The molecule has 3 rings (SSSR count). The van der Waals surface area contributed by atoms with Gasteiger partial charge in [0.05, 0.1) is 5.69 Å². The van der Waals surface area contributed by atoms with Crippen LogP contribution in [0.4, 0.5) is 0 Å². The second kappa shape index (κ2) is 8.01. The van der Waals surface area contributed by atoms with Crippen LogP contribution in [0.3, 0.4) is 0 Å². The summed E-state index contributed by atoms with van der Waals surface area (Å²) in [7, 11) is 0. The van der Waals surface area contributed by atoms with Crippen LogP contribution in [-0.2, 0) is 0 Å². The minimum Gasteiger partial charge on any atom is -0.348 e. The highest BCUT2D eigenvalue weighted by molar-refractivity contribution is 7.17. The summed E-state index contributed by atoms with van der Waals surface area (Å²) >= 11 is 1.35. The van der Waals surface area contributed by atoms with Gasteiger partial charge in [-0.25, -0.2) is 15.0 Å². The normalized spacial score (nSPS) is 19.6. The Morgan fingerprint density at radius 3 is 2.92 bits per heavy atom. The van der Waals surface area contributed by atoms with Crippen LogP contribution in [0.25, 0.3) is 10.8 Å². The van der Waals surface area contributed by atoms with Gasteiger partial charge in [0.1, 0.15) is 4.88 Å². The summed E-state index contributed by atoms with van der Waals surface area (Å²) in [5, 5.41) is 3.79. The molecule has 1 aliphatic rings. The smallest absolute Gasteiger partial charge is 0.263 e. The van der Waals surface area contributed by atoms with Crippen molar-refractivity contribution in [2.75, 3.05) is 19.6 Å². The van der Waals surface area contributed by atoms with E-state index in [1.54, 1.807) is 18.5 Å². The summed E-state index contributed by atoms with van der Waals surface area (Å²) in [4.78, 5) is 28.6. The van der Waals surface area contributed by atoms with E-state index in [9.17, 15) is 4.79 Å². The molecule has 1 saturated heterocycles. The number of aryl methyl sites for hydroxylation is 1. The molecule has 1 amide bonds. The zero-order valence-corrected chi connectivity index (χ0v) is 15.8. The standard InChI is InChI=1S/C18H25N5OS/c1-12-6-4-9-23(10-12)11-13(2)21-17(24)15-14(3)22-18(25-15)16-19-7-5-8-20-16/h5,7-8,12-13H,4,6,9-11H2,1-3H3,(H,21,24). The third-order valence-electron chi connectivity index (χ3n) is 4.41. The minimum atomic E-state index is -0.0604. The van der Waals surface area contributed by atoms with Crippen LogP contribution in [-0.4, -0.2) is 51.4 Å². The molecule has 1 fully saturated rings. The van der Waals surface area contributed by atoms with Crippen LogP contribution in [0.15, 0.2) is 18.5 Å². The Morgan fingerprint density at radius 2 is 2.20 bits per heavy atom. The summed E-state index contributed by atoms with van der Waals surface area (Å²) in [6, 6.07) is 1.87. The number of piperidine rings is 1. The first-order valence-corrected chi connectivity index (χ1v) is 9.62. The molecule has 1 N–H and O–H groups in total. The first-order chi connectivity index (χ1) is 12.0. The number of nitrogens with one attached hydrogen (secondary N) is 1. The van der Waals surface area contributed by atoms with E-state index in [1.165, 1.54) is 24.2 Å². The minimum absolute atomic E-state index is 0.0604. The number of nitrogens with zero attached hydrogens (tertiary/aromatic N) is 4. The lowest BCUT2D eigenvalue weighted by Gasteiger charge is -2.32. The second-order valence-electron chi connectivity index (χ2n) is 6.89. The molecule has 0 aromatic carbocycles. The Morgan fingerprint density at radius 1 is 1.44 bits per heavy atom. The van der Waals surface area contributed by atoms with Gasteiger partial charge in [-0.05, 0) is 45.2 Å². The van der Waals surface area contributed by atoms with Gasteiger partial charge >= 0.3 is 0 Å². The molecule has 0 spiro atoms. The summed E-state index contributed by atoms with van der Waals surface area (Å²) in [6.45, 7) is 9.35. The van der Waals surface area contributed by atoms with Crippen molar-refractivity contribution in [3.63, 3.8) is 0 Å². The van der Waals surface area contributed by atoms with Crippen molar-refractivity contribution in [3.8, 4) is 10.8 Å². The number of aromatic nitrogens is 3. The SMILES string of the molecule is Cc1nc(-c2ncccn2)sc1C(=O)NC(C)CN1CCCC(C)C1. The van der Waals surface area contributed by atoms with Gasteiger partial charge in [0.25, 0.3) is 5.91 Å². The van der Waals surface area contributed by atoms with Crippen molar-refractivity contribution in [2.24, 2.45) is 5.92 Å². The lowest BCUT2D eigenvalue weighted by Crippen LogP contribution is -2.45. The van der Waals surface area contributed by atoms with Gasteiger partial charge in [0.15, 0.2) is 10.8 Å². The monoisotopic (exact) mass is 359 g/mol. The van der Waals surface area contributed by atoms with Gasteiger partial charge in [-0.3, -0.25) is 4.79 Å². The molecule has 7 heteroatoms. The fourth-order valence-corrected chi connectivity index (χ4v) is 4.20. The highest BCUT2D eigenvalue weighted by atomic mass is 32.1. The van der Waals surface area contributed by atoms with Crippen LogP contribution in [0.2, 0.25) is 0 Å². The van der Waals surface area contributed by atoms with E-state index in [-0.39, 0.29) is 11.9 Å². The van der Waals surface area contributed by atoms with Gasteiger partial charge < -0.3 is 10.2 Å². The predicted octanol–water partition coefficient (Wildman–Crippen LogP) is 2.76. The van der Waals surface area contributed by atoms with Crippen molar-refractivity contribution < 1.29 is 4.79 Å². The Labute approximate surface area is 152 Å². The van der Waals surface area contributed by atoms with E-state index in [4.69, 9.17) is 0 Å². The number of carbonyl (C=O) groups is 1.